The molecule has 338 valence electrons. The van der Waals surface area contributed by atoms with Crippen LogP contribution in [0.4, 0.5) is 0 Å². The van der Waals surface area contributed by atoms with E-state index in [1.165, 1.54) is 116 Å². The Kier molecular flexibility index (Phi) is 45.7. The van der Waals surface area contributed by atoms with Crippen LogP contribution in [-0.2, 0) is 14.3 Å². The summed E-state index contributed by atoms with van der Waals surface area (Å²) in [6.45, 7) is 4.81. The Morgan fingerprint density at radius 2 is 0.897 bits per heavy atom. The topological polar surface area (TPSA) is 95.9 Å². The first-order valence-corrected chi connectivity index (χ1v) is 24.9. The van der Waals surface area contributed by atoms with Crippen LogP contribution in [0.5, 0.6) is 0 Å². The second kappa shape index (κ2) is 47.5. The maximum absolute atomic E-state index is 12.4. The number of rotatable bonds is 45. The fourth-order valence-electron chi connectivity index (χ4n) is 7.23. The van der Waals surface area contributed by atoms with E-state index in [-0.39, 0.29) is 18.5 Å². The van der Waals surface area contributed by atoms with Crippen LogP contribution in [0.2, 0.25) is 0 Å². The van der Waals surface area contributed by atoms with Crippen molar-refractivity contribution in [2.75, 3.05) is 13.2 Å². The lowest BCUT2D eigenvalue weighted by Crippen LogP contribution is -2.45. The van der Waals surface area contributed by atoms with E-state index in [9.17, 15) is 19.8 Å². The van der Waals surface area contributed by atoms with E-state index in [2.05, 4.69) is 67.8 Å². The van der Waals surface area contributed by atoms with Gasteiger partial charge in [-0.25, -0.2) is 0 Å². The highest BCUT2D eigenvalue weighted by molar-refractivity contribution is 5.76. The number of unbranched alkanes of at least 4 members (excludes halogenated alkanes) is 26. The van der Waals surface area contributed by atoms with Crippen molar-refractivity contribution < 1.29 is 24.5 Å². The fourth-order valence-corrected chi connectivity index (χ4v) is 7.23. The smallest absolute Gasteiger partial charge is 0.305 e. The molecule has 58 heavy (non-hydrogen) atoms. The second-order valence-electron chi connectivity index (χ2n) is 16.8. The third kappa shape index (κ3) is 43.4. The molecule has 6 nitrogen and oxygen atoms in total. The van der Waals surface area contributed by atoms with Gasteiger partial charge in [0.2, 0.25) is 5.91 Å². The second-order valence-corrected chi connectivity index (χ2v) is 16.8. The van der Waals surface area contributed by atoms with Crippen LogP contribution in [0.25, 0.3) is 0 Å². The summed E-state index contributed by atoms with van der Waals surface area (Å²) in [6, 6.07) is -0.553. The van der Waals surface area contributed by atoms with Gasteiger partial charge in [0.1, 0.15) is 0 Å². The zero-order valence-electron chi connectivity index (χ0n) is 38.3. The van der Waals surface area contributed by atoms with Gasteiger partial charge in [0.15, 0.2) is 0 Å². The highest BCUT2D eigenvalue weighted by Crippen LogP contribution is 2.15. The van der Waals surface area contributed by atoms with E-state index < -0.39 is 12.1 Å². The first-order valence-electron chi connectivity index (χ1n) is 24.9. The molecule has 0 bridgehead atoms. The molecule has 0 aromatic rings. The molecule has 2 unspecified atom stereocenters. The molecule has 0 spiro atoms. The minimum absolute atomic E-state index is 0.0319. The number of allylic oxidation sites excluding steroid dienone is 8. The molecule has 0 saturated carbocycles. The molecule has 3 N–H and O–H groups in total. The molecular formula is C52H95NO5. The molecule has 2 atom stereocenters. The summed E-state index contributed by atoms with van der Waals surface area (Å²) in [5, 5.41) is 23.1. The number of esters is 1. The maximum atomic E-state index is 12.4. The Labute approximate surface area is 359 Å². The molecule has 0 aromatic carbocycles. The molecule has 0 heterocycles. The summed E-state index contributed by atoms with van der Waals surface area (Å²) in [5.74, 6) is -0.0863. The average Bonchev–Trinajstić information content (AvgIpc) is 3.22. The third-order valence-corrected chi connectivity index (χ3v) is 11.1. The third-order valence-electron chi connectivity index (χ3n) is 11.1. The Hall–Kier alpha value is -2.18. The lowest BCUT2D eigenvalue weighted by atomic mass is 10.0. The van der Waals surface area contributed by atoms with Gasteiger partial charge in [0.05, 0.1) is 25.4 Å². The first kappa shape index (κ1) is 55.8. The fraction of sp³-hybridized carbons (Fsp3) is 0.808. The monoisotopic (exact) mass is 814 g/mol. The van der Waals surface area contributed by atoms with Crippen molar-refractivity contribution in [2.45, 2.75) is 257 Å². The molecule has 1 amide bonds. The molecule has 0 fully saturated rings. The van der Waals surface area contributed by atoms with E-state index in [0.29, 0.717) is 25.9 Å². The van der Waals surface area contributed by atoms with E-state index in [1.54, 1.807) is 0 Å². The van der Waals surface area contributed by atoms with Crippen molar-refractivity contribution in [3.8, 4) is 0 Å². The Bertz CT molecular complexity index is 988. The van der Waals surface area contributed by atoms with Gasteiger partial charge in [-0.15, -0.1) is 0 Å². The SMILES string of the molecule is CCC/C=C\C/C=C\CCCCCCCC(=O)OCCCCC/C=C\C/C=C\CCCCCCCCCC(=O)NC(CO)C(O)CCCCCCCCCCCCC. The normalized spacial score (nSPS) is 13.1. The van der Waals surface area contributed by atoms with Gasteiger partial charge in [-0.1, -0.05) is 191 Å². The van der Waals surface area contributed by atoms with Crippen LogP contribution >= 0.6 is 0 Å². The minimum atomic E-state index is -0.674. The molecule has 0 saturated heterocycles. The van der Waals surface area contributed by atoms with Gasteiger partial charge in [-0.2, -0.15) is 0 Å². The Balaban J connectivity index is 3.52. The van der Waals surface area contributed by atoms with E-state index in [4.69, 9.17) is 4.74 Å². The number of carbonyl (C=O) groups is 2. The van der Waals surface area contributed by atoms with Crippen LogP contribution in [0.3, 0.4) is 0 Å². The van der Waals surface area contributed by atoms with Crippen molar-refractivity contribution in [3.05, 3.63) is 48.6 Å². The number of hydrogen-bond acceptors (Lipinski definition) is 5. The number of nitrogens with one attached hydrogen (secondary N) is 1. The number of hydrogen-bond donors (Lipinski definition) is 3. The number of amides is 1. The first-order chi connectivity index (χ1) is 28.5. The van der Waals surface area contributed by atoms with Crippen molar-refractivity contribution in [2.24, 2.45) is 0 Å². The van der Waals surface area contributed by atoms with Gasteiger partial charge in [0.25, 0.3) is 0 Å². The van der Waals surface area contributed by atoms with Crippen LogP contribution < -0.4 is 5.32 Å². The number of aliphatic hydroxyl groups excluding tert-OH is 2. The predicted octanol–water partition coefficient (Wildman–Crippen LogP) is 14.7. The Morgan fingerprint density at radius 1 is 0.483 bits per heavy atom. The Morgan fingerprint density at radius 3 is 1.38 bits per heavy atom. The summed E-state index contributed by atoms with van der Waals surface area (Å²) in [5.41, 5.74) is 0. The number of ether oxygens (including phenoxy) is 1. The summed E-state index contributed by atoms with van der Waals surface area (Å²) in [6.07, 6.45) is 57.9. The molecule has 0 radical (unpaired) electrons. The molecule has 0 aliphatic carbocycles. The maximum Gasteiger partial charge on any atom is 0.305 e. The summed E-state index contributed by atoms with van der Waals surface area (Å²) >= 11 is 0. The molecule has 0 rings (SSSR count). The van der Waals surface area contributed by atoms with Gasteiger partial charge in [0, 0.05) is 12.8 Å². The van der Waals surface area contributed by atoms with Gasteiger partial charge in [-0.3, -0.25) is 9.59 Å². The number of carbonyl (C=O) groups excluding carboxylic acids is 2. The van der Waals surface area contributed by atoms with Crippen LogP contribution in [0.15, 0.2) is 48.6 Å². The highest BCUT2D eigenvalue weighted by atomic mass is 16.5. The van der Waals surface area contributed by atoms with Crippen LogP contribution in [0.1, 0.15) is 245 Å². The van der Waals surface area contributed by atoms with Crippen molar-refractivity contribution in [3.63, 3.8) is 0 Å². The van der Waals surface area contributed by atoms with E-state index >= 15 is 0 Å². The number of aliphatic hydroxyl groups is 2. The lowest BCUT2D eigenvalue weighted by molar-refractivity contribution is -0.143. The zero-order valence-corrected chi connectivity index (χ0v) is 38.3. The molecular weight excluding hydrogens is 719 g/mol. The molecule has 0 aliphatic heterocycles. The molecule has 0 aromatic heterocycles. The highest BCUT2D eigenvalue weighted by Gasteiger charge is 2.20. The van der Waals surface area contributed by atoms with Gasteiger partial charge >= 0.3 is 5.97 Å². The van der Waals surface area contributed by atoms with Crippen molar-refractivity contribution in [1.82, 2.24) is 5.32 Å². The van der Waals surface area contributed by atoms with Crippen molar-refractivity contribution >= 4 is 11.9 Å². The minimum Gasteiger partial charge on any atom is -0.466 e. The predicted molar refractivity (Wildman–Crippen MR) is 250 cm³/mol. The molecule has 0 aliphatic rings. The van der Waals surface area contributed by atoms with Crippen LogP contribution in [-0.4, -0.2) is 47.4 Å². The molecule has 6 heteroatoms. The largest absolute Gasteiger partial charge is 0.466 e. The average molecular weight is 814 g/mol. The van der Waals surface area contributed by atoms with Crippen LogP contribution in [0, 0.1) is 0 Å². The quantitative estimate of drug-likeness (QED) is 0.0323. The summed E-state index contributed by atoms with van der Waals surface area (Å²) in [7, 11) is 0. The summed E-state index contributed by atoms with van der Waals surface area (Å²) in [4.78, 5) is 24.4. The van der Waals surface area contributed by atoms with Gasteiger partial charge in [-0.05, 0) is 89.9 Å². The van der Waals surface area contributed by atoms with E-state index in [1.807, 2.05) is 0 Å². The standard InChI is InChI=1S/C52H95NO5/c1-3-5-7-9-11-13-15-21-26-30-34-38-42-46-52(57)58-47-43-39-35-31-27-23-20-18-16-17-19-22-25-29-33-37-41-45-51(56)53-49(48-54)50(55)44-40-36-32-28-24-14-12-10-8-6-4-2/h7,9,13,15-16,18,23,27,49-50,54-55H,3-6,8,10-12,14,17,19-22,24-26,28-48H2,1-2H3,(H,53,56)/b9-7-,15-13-,18-16-,27-23-. The van der Waals surface area contributed by atoms with Gasteiger partial charge < -0.3 is 20.3 Å². The lowest BCUT2D eigenvalue weighted by Gasteiger charge is -2.22. The van der Waals surface area contributed by atoms with E-state index in [0.717, 1.165) is 96.3 Å². The zero-order chi connectivity index (χ0) is 42.3. The van der Waals surface area contributed by atoms with Crippen molar-refractivity contribution in [1.29, 1.82) is 0 Å². The summed E-state index contributed by atoms with van der Waals surface area (Å²) < 4.78 is 5.42.